The quantitative estimate of drug-likeness (QED) is 0.788. The standard InChI is InChI=1S/C20H27N3O3S/c1-5-22(18-10-11-27(25,26)13-18)20(24)19-12-15(4)23(21-19)17-8-6-16(7-9-17)14(2)3/h6-9,12,14,18H,5,10-11,13H2,1-4H3. The van der Waals surface area contributed by atoms with E-state index in [1.54, 1.807) is 15.6 Å². The van der Waals surface area contributed by atoms with Crippen molar-refractivity contribution in [2.75, 3.05) is 18.1 Å². The summed E-state index contributed by atoms with van der Waals surface area (Å²) in [6, 6.07) is 9.66. The lowest BCUT2D eigenvalue weighted by atomic mass is 10.0. The van der Waals surface area contributed by atoms with Gasteiger partial charge in [-0.2, -0.15) is 5.10 Å². The molecule has 2 aromatic rings. The number of aromatic nitrogens is 2. The summed E-state index contributed by atoms with van der Waals surface area (Å²) in [5, 5.41) is 4.51. The Morgan fingerprint density at radius 3 is 2.48 bits per heavy atom. The molecular weight excluding hydrogens is 362 g/mol. The average molecular weight is 390 g/mol. The molecule has 2 heterocycles. The smallest absolute Gasteiger partial charge is 0.274 e. The number of sulfone groups is 1. The van der Waals surface area contributed by atoms with Gasteiger partial charge in [-0.25, -0.2) is 13.1 Å². The number of carbonyl (C=O) groups is 1. The van der Waals surface area contributed by atoms with Crippen LogP contribution in [0.15, 0.2) is 30.3 Å². The second-order valence-corrected chi connectivity index (χ2v) is 9.71. The van der Waals surface area contributed by atoms with Crippen LogP contribution in [-0.4, -0.2) is 53.1 Å². The van der Waals surface area contributed by atoms with E-state index in [0.29, 0.717) is 24.6 Å². The Morgan fingerprint density at radius 2 is 1.96 bits per heavy atom. The van der Waals surface area contributed by atoms with Crippen LogP contribution in [0.5, 0.6) is 0 Å². The minimum Gasteiger partial charge on any atom is -0.333 e. The molecule has 7 heteroatoms. The first kappa shape index (κ1) is 19.6. The molecule has 1 atom stereocenters. The molecule has 1 fully saturated rings. The molecule has 1 aromatic carbocycles. The molecule has 3 rings (SSSR count). The lowest BCUT2D eigenvalue weighted by Crippen LogP contribution is -2.41. The normalized spacial score (nSPS) is 18.8. The lowest BCUT2D eigenvalue weighted by molar-refractivity contribution is 0.0702. The van der Waals surface area contributed by atoms with Crippen LogP contribution >= 0.6 is 0 Å². The van der Waals surface area contributed by atoms with E-state index in [1.807, 2.05) is 26.0 Å². The number of hydrogen-bond acceptors (Lipinski definition) is 4. The van der Waals surface area contributed by atoms with Gasteiger partial charge in [0, 0.05) is 18.3 Å². The molecule has 0 bridgehead atoms. The van der Waals surface area contributed by atoms with E-state index in [4.69, 9.17) is 0 Å². The number of aryl methyl sites for hydroxylation is 1. The predicted octanol–water partition coefficient (Wildman–Crippen LogP) is 2.95. The van der Waals surface area contributed by atoms with Crippen molar-refractivity contribution in [2.24, 2.45) is 0 Å². The molecule has 6 nitrogen and oxygen atoms in total. The monoisotopic (exact) mass is 389 g/mol. The number of benzene rings is 1. The third-order valence-corrected chi connectivity index (χ3v) is 6.91. The van der Waals surface area contributed by atoms with Gasteiger partial charge >= 0.3 is 0 Å². The van der Waals surface area contributed by atoms with Gasteiger partial charge in [0.1, 0.15) is 0 Å². The first-order valence-corrected chi connectivity index (χ1v) is 11.2. The predicted molar refractivity (Wildman–Crippen MR) is 106 cm³/mol. The Bertz CT molecular complexity index is 930. The van der Waals surface area contributed by atoms with E-state index < -0.39 is 9.84 Å². The average Bonchev–Trinajstić information content (AvgIpc) is 3.18. The first-order valence-electron chi connectivity index (χ1n) is 9.40. The van der Waals surface area contributed by atoms with E-state index in [1.165, 1.54) is 5.56 Å². The molecule has 1 aliphatic heterocycles. The summed E-state index contributed by atoms with van der Waals surface area (Å²) in [6.07, 6.45) is 0.498. The molecule has 0 radical (unpaired) electrons. The zero-order chi connectivity index (χ0) is 19.8. The summed E-state index contributed by atoms with van der Waals surface area (Å²) in [7, 11) is -3.04. The van der Waals surface area contributed by atoms with Gasteiger partial charge < -0.3 is 4.90 Å². The number of rotatable bonds is 5. The van der Waals surface area contributed by atoms with E-state index in [2.05, 4.69) is 31.1 Å². The van der Waals surface area contributed by atoms with Crippen LogP contribution in [0.2, 0.25) is 0 Å². The van der Waals surface area contributed by atoms with Gasteiger partial charge in [0.05, 0.1) is 17.2 Å². The fourth-order valence-corrected chi connectivity index (χ4v) is 5.31. The molecule has 146 valence electrons. The zero-order valence-electron chi connectivity index (χ0n) is 16.3. The lowest BCUT2D eigenvalue weighted by Gasteiger charge is -2.25. The molecule has 1 aromatic heterocycles. The van der Waals surface area contributed by atoms with Crippen molar-refractivity contribution >= 4 is 15.7 Å². The van der Waals surface area contributed by atoms with Crippen molar-refractivity contribution in [1.82, 2.24) is 14.7 Å². The van der Waals surface area contributed by atoms with Gasteiger partial charge in [-0.3, -0.25) is 4.79 Å². The van der Waals surface area contributed by atoms with Gasteiger partial charge in [0.25, 0.3) is 5.91 Å². The third kappa shape index (κ3) is 4.08. The summed E-state index contributed by atoms with van der Waals surface area (Å²) in [5.41, 5.74) is 3.37. The number of amides is 1. The summed E-state index contributed by atoms with van der Waals surface area (Å²) < 4.78 is 25.3. The van der Waals surface area contributed by atoms with Crippen LogP contribution < -0.4 is 0 Å². The molecule has 1 amide bonds. The maximum atomic E-state index is 13.0. The first-order chi connectivity index (χ1) is 12.7. The molecule has 0 spiro atoms. The molecule has 27 heavy (non-hydrogen) atoms. The second kappa shape index (κ2) is 7.46. The van der Waals surface area contributed by atoms with Crippen molar-refractivity contribution in [3.05, 3.63) is 47.3 Å². The van der Waals surface area contributed by atoms with Crippen LogP contribution in [0.1, 0.15) is 54.9 Å². The maximum absolute atomic E-state index is 13.0. The van der Waals surface area contributed by atoms with Crippen LogP contribution in [0, 0.1) is 6.92 Å². The van der Waals surface area contributed by atoms with Crippen LogP contribution in [0.25, 0.3) is 5.69 Å². The van der Waals surface area contributed by atoms with Crippen molar-refractivity contribution in [1.29, 1.82) is 0 Å². The van der Waals surface area contributed by atoms with Crippen molar-refractivity contribution in [3.63, 3.8) is 0 Å². The Morgan fingerprint density at radius 1 is 1.30 bits per heavy atom. The number of hydrogen-bond donors (Lipinski definition) is 0. The van der Waals surface area contributed by atoms with Crippen molar-refractivity contribution < 1.29 is 13.2 Å². The van der Waals surface area contributed by atoms with E-state index in [9.17, 15) is 13.2 Å². The topological polar surface area (TPSA) is 72.3 Å². The van der Waals surface area contributed by atoms with E-state index in [-0.39, 0.29) is 23.5 Å². The highest BCUT2D eigenvalue weighted by atomic mass is 32.2. The Hall–Kier alpha value is -2.15. The minimum absolute atomic E-state index is 0.0446. The summed E-state index contributed by atoms with van der Waals surface area (Å²) in [4.78, 5) is 14.6. The zero-order valence-corrected chi connectivity index (χ0v) is 17.2. The molecule has 1 saturated heterocycles. The molecule has 0 N–H and O–H groups in total. The SMILES string of the molecule is CCN(C(=O)c1cc(C)n(-c2ccc(C(C)C)cc2)n1)C1CCS(=O)(=O)C1. The largest absolute Gasteiger partial charge is 0.333 e. The van der Waals surface area contributed by atoms with Gasteiger partial charge in [0.2, 0.25) is 0 Å². The summed E-state index contributed by atoms with van der Waals surface area (Å²) >= 11 is 0. The van der Waals surface area contributed by atoms with Crippen molar-refractivity contribution in [3.8, 4) is 5.69 Å². The molecule has 1 aliphatic rings. The number of carbonyl (C=O) groups excluding carboxylic acids is 1. The second-order valence-electron chi connectivity index (χ2n) is 7.48. The minimum atomic E-state index is -3.04. The van der Waals surface area contributed by atoms with E-state index >= 15 is 0 Å². The fraction of sp³-hybridized carbons (Fsp3) is 0.500. The van der Waals surface area contributed by atoms with Gasteiger partial charge in [-0.15, -0.1) is 0 Å². The molecule has 1 unspecified atom stereocenters. The molecule has 0 aliphatic carbocycles. The van der Waals surface area contributed by atoms with Crippen LogP contribution in [0.3, 0.4) is 0 Å². The van der Waals surface area contributed by atoms with Gasteiger partial charge in [0.15, 0.2) is 15.5 Å². The van der Waals surface area contributed by atoms with Gasteiger partial charge in [-0.05, 0) is 49.9 Å². The maximum Gasteiger partial charge on any atom is 0.274 e. The highest BCUT2D eigenvalue weighted by Gasteiger charge is 2.35. The molecular formula is C20H27N3O3S. The van der Waals surface area contributed by atoms with E-state index in [0.717, 1.165) is 11.4 Å². The molecule has 0 saturated carbocycles. The van der Waals surface area contributed by atoms with Crippen LogP contribution in [-0.2, 0) is 9.84 Å². The summed E-state index contributed by atoms with van der Waals surface area (Å²) in [6.45, 7) is 8.54. The van der Waals surface area contributed by atoms with Crippen molar-refractivity contribution in [2.45, 2.75) is 46.1 Å². The Kier molecular flexibility index (Phi) is 5.42. The van der Waals surface area contributed by atoms with Gasteiger partial charge in [-0.1, -0.05) is 26.0 Å². The third-order valence-electron chi connectivity index (χ3n) is 5.16. The summed E-state index contributed by atoms with van der Waals surface area (Å²) in [5.74, 6) is 0.441. The Labute approximate surface area is 161 Å². The number of nitrogens with zero attached hydrogens (tertiary/aromatic N) is 3. The highest BCUT2D eigenvalue weighted by molar-refractivity contribution is 7.91. The Balaban J connectivity index is 1.85. The van der Waals surface area contributed by atoms with Crippen LogP contribution in [0.4, 0.5) is 0 Å². The highest BCUT2D eigenvalue weighted by Crippen LogP contribution is 2.22. The fourth-order valence-electron chi connectivity index (χ4n) is 3.58.